The van der Waals surface area contributed by atoms with Crippen molar-refractivity contribution in [3.05, 3.63) is 90.5 Å². The highest BCUT2D eigenvalue weighted by Gasteiger charge is 2.32. The van der Waals surface area contributed by atoms with Crippen LogP contribution in [-0.4, -0.2) is 19.1 Å². The Bertz CT molecular complexity index is 930. The van der Waals surface area contributed by atoms with Crippen molar-refractivity contribution in [2.75, 3.05) is 12.4 Å². The standard InChI is InChI=1S/C23H22NO4P/c1-27-20-15-13-19(14-16-20)24-23(25)22(17-12-18-8-4-2-5-9-18)28-29(26)21-10-6-3-7-11-21/h2-11,13-16,22H,12,17H2,1H3/p+1. The van der Waals surface area contributed by atoms with Gasteiger partial charge in [0.15, 0.2) is 6.10 Å². The Labute approximate surface area is 171 Å². The zero-order valence-corrected chi connectivity index (χ0v) is 17.0. The average Bonchev–Trinajstić information content (AvgIpc) is 2.78. The van der Waals surface area contributed by atoms with E-state index in [1.165, 1.54) is 0 Å². The summed E-state index contributed by atoms with van der Waals surface area (Å²) in [6.45, 7) is 0. The Kier molecular flexibility index (Phi) is 7.51. The van der Waals surface area contributed by atoms with Crippen LogP contribution in [0.2, 0.25) is 0 Å². The topological polar surface area (TPSA) is 64.6 Å². The minimum Gasteiger partial charge on any atom is -0.497 e. The molecule has 0 fully saturated rings. The van der Waals surface area contributed by atoms with Crippen molar-refractivity contribution in [3.8, 4) is 5.75 Å². The normalized spacial score (nSPS) is 12.1. The van der Waals surface area contributed by atoms with E-state index in [1.807, 2.05) is 36.4 Å². The van der Waals surface area contributed by atoms with Crippen LogP contribution in [0.4, 0.5) is 5.69 Å². The second-order valence-electron chi connectivity index (χ2n) is 6.43. The molecule has 3 rings (SSSR count). The summed E-state index contributed by atoms with van der Waals surface area (Å²) in [5, 5.41) is 3.40. The Morgan fingerprint density at radius 2 is 1.55 bits per heavy atom. The maximum absolute atomic E-state index is 12.9. The SMILES string of the molecule is COc1ccc(NC(=O)C(CCc2ccccc2)O[P+](=O)c2ccccc2)cc1. The van der Waals surface area contributed by atoms with Crippen LogP contribution >= 0.6 is 8.03 Å². The molecule has 3 aromatic rings. The van der Waals surface area contributed by atoms with E-state index < -0.39 is 14.1 Å². The third kappa shape index (κ3) is 6.24. The second kappa shape index (κ2) is 10.5. The second-order valence-corrected chi connectivity index (χ2v) is 7.67. The van der Waals surface area contributed by atoms with Crippen molar-refractivity contribution in [1.82, 2.24) is 0 Å². The molecule has 0 radical (unpaired) electrons. The van der Waals surface area contributed by atoms with Gasteiger partial charge in [0.05, 0.1) is 7.11 Å². The first-order valence-corrected chi connectivity index (χ1v) is 10.5. The maximum atomic E-state index is 12.9. The number of rotatable bonds is 9. The van der Waals surface area contributed by atoms with Crippen LogP contribution in [0.3, 0.4) is 0 Å². The van der Waals surface area contributed by atoms with E-state index in [2.05, 4.69) is 5.32 Å². The lowest BCUT2D eigenvalue weighted by molar-refractivity contribution is -0.122. The number of ether oxygens (including phenoxy) is 1. The lowest BCUT2D eigenvalue weighted by atomic mass is 10.1. The molecule has 0 saturated carbocycles. The molecule has 0 saturated heterocycles. The molecule has 1 N–H and O–H groups in total. The minimum atomic E-state index is -2.14. The van der Waals surface area contributed by atoms with Gasteiger partial charge in [0.25, 0.3) is 5.91 Å². The van der Waals surface area contributed by atoms with E-state index >= 15 is 0 Å². The molecule has 0 heterocycles. The molecule has 0 aliphatic rings. The Morgan fingerprint density at radius 1 is 0.931 bits per heavy atom. The first-order valence-electron chi connectivity index (χ1n) is 9.33. The lowest BCUT2D eigenvalue weighted by Gasteiger charge is -2.12. The zero-order chi connectivity index (χ0) is 20.5. The van der Waals surface area contributed by atoms with Crippen LogP contribution < -0.4 is 15.4 Å². The summed E-state index contributed by atoms with van der Waals surface area (Å²) in [6, 6.07) is 25.8. The fraction of sp³-hybridized carbons (Fsp3) is 0.174. The summed E-state index contributed by atoms with van der Waals surface area (Å²) in [6.07, 6.45) is 0.209. The van der Waals surface area contributed by atoms with Crippen LogP contribution in [-0.2, 0) is 20.3 Å². The molecule has 3 aromatic carbocycles. The zero-order valence-electron chi connectivity index (χ0n) is 16.2. The third-order valence-corrected chi connectivity index (χ3v) is 5.54. The van der Waals surface area contributed by atoms with Crippen molar-refractivity contribution in [2.24, 2.45) is 0 Å². The van der Waals surface area contributed by atoms with Crippen LogP contribution in [0.15, 0.2) is 84.9 Å². The van der Waals surface area contributed by atoms with E-state index in [0.717, 1.165) is 5.56 Å². The summed E-state index contributed by atoms with van der Waals surface area (Å²) in [7, 11) is -0.557. The summed E-state index contributed by atoms with van der Waals surface area (Å²) in [5.74, 6) is 0.373. The number of aryl methyl sites for hydroxylation is 1. The number of benzene rings is 3. The number of anilines is 1. The monoisotopic (exact) mass is 408 g/mol. The molecule has 0 spiro atoms. The quantitative estimate of drug-likeness (QED) is 0.521. The van der Waals surface area contributed by atoms with E-state index in [9.17, 15) is 9.36 Å². The van der Waals surface area contributed by atoms with Crippen molar-refractivity contribution >= 4 is 24.9 Å². The predicted molar refractivity (Wildman–Crippen MR) is 115 cm³/mol. The van der Waals surface area contributed by atoms with E-state index in [0.29, 0.717) is 29.6 Å². The summed E-state index contributed by atoms with van der Waals surface area (Å²) in [5.41, 5.74) is 1.72. The highest BCUT2D eigenvalue weighted by Crippen LogP contribution is 2.27. The van der Waals surface area contributed by atoms with Gasteiger partial charge >= 0.3 is 8.03 Å². The average molecular weight is 408 g/mol. The molecule has 0 aromatic heterocycles. The van der Waals surface area contributed by atoms with Gasteiger partial charge in [-0.3, -0.25) is 4.79 Å². The van der Waals surface area contributed by atoms with Gasteiger partial charge in [-0.25, -0.2) is 0 Å². The van der Waals surface area contributed by atoms with Crippen LogP contribution in [0.5, 0.6) is 5.75 Å². The van der Waals surface area contributed by atoms with Crippen molar-refractivity contribution in [1.29, 1.82) is 0 Å². The fourth-order valence-electron chi connectivity index (χ4n) is 2.80. The fourth-order valence-corrected chi connectivity index (χ4v) is 3.77. The molecule has 0 aliphatic carbocycles. The van der Waals surface area contributed by atoms with Crippen LogP contribution in [0.1, 0.15) is 12.0 Å². The van der Waals surface area contributed by atoms with Gasteiger partial charge in [-0.15, -0.1) is 4.52 Å². The Hall–Kier alpha value is -3.01. The summed E-state index contributed by atoms with van der Waals surface area (Å²) in [4.78, 5) is 12.9. The summed E-state index contributed by atoms with van der Waals surface area (Å²) < 4.78 is 23.5. The molecule has 148 valence electrons. The highest BCUT2D eigenvalue weighted by molar-refractivity contribution is 7.48. The number of amides is 1. The molecule has 1 amide bonds. The predicted octanol–water partition coefficient (Wildman–Crippen LogP) is 4.72. The molecule has 6 heteroatoms. The Balaban J connectivity index is 1.71. The van der Waals surface area contributed by atoms with Crippen molar-refractivity contribution in [3.63, 3.8) is 0 Å². The van der Waals surface area contributed by atoms with Crippen molar-refractivity contribution in [2.45, 2.75) is 18.9 Å². The van der Waals surface area contributed by atoms with E-state index in [-0.39, 0.29) is 5.91 Å². The number of hydrogen-bond donors (Lipinski definition) is 1. The molecule has 2 unspecified atom stereocenters. The number of carbonyl (C=O) groups excluding carboxylic acids is 1. The van der Waals surface area contributed by atoms with Gasteiger partial charge < -0.3 is 10.1 Å². The van der Waals surface area contributed by atoms with Crippen molar-refractivity contribution < 1.29 is 18.6 Å². The highest BCUT2D eigenvalue weighted by atomic mass is 31.1. The molecule has 5 nitrogen and oxygen atoms in total. The minimum absolute atomic E-state index is 0.328. The van der Waals surface area contributed by atoms with Gasteiger partial charge in [-0.05, 0) is 59.4 Å². The van der Waals surface area contributed by atoms with Gasteiger partial charge in [-0.2, -0.15) is 0 Å². The molecule has 29 heavy (non-hydrogen) atoms. The third-order valence-electron chi connectivity index (χ3n) is 4.38. The molecular formula is C23H23NO4P+. The number of nitrogens with one attached hydrogen (secondary N) is 1. The number of hydrogen-bond acceptors (Lipinski definition) is 4. The lowest BCUT2D eigenvalue weighted by Crippen LogP contribution is -2.30. The largest absolute Gasteiger partial charge is 0.549 e. The van der Waals surface area contributed by atoms with Gasteiger partial charge in [0.1, 0.15) is 5.75 Å². The van der Waals surface area contributed by atoms with E-state index in [4.69, 9.17) is 9.26 Å². The smallest absolute Gasteiger partial charge is 0.497 e. The van der Waals surface area contributed by atoms with Crippen LogP contribution in [0, 0.1) is 0 Å². The van der Waals surface area contributed by atoms with Crippen LogP contribution in [0.25, 0.3) is 0 Å². The molecule has 2 atom stereocenters. The molecular weight excluding hydrogens is 385 g/mol. The molecule has 0 bridgehead atoms. The van der Waals surface area contributed by atoms with Gasteiger partial charge in [0, 0.05) is 5.69 Å². The van der Waals surface area contributed by atoms with E-state index in [1.54, 1.807) is 55.6 Å². The van der Waals surface area contributed by atoms with Gasteiger partial charge in [0.2, 0.25) is 5.30 Å². The first-order chi connectivity index (χ1) is 14.2. The number of methoxy groups -OCH3 is 1. The first kappa shape index (κ1) is 20.7. The Morgan fingerprint density at radius 3 is 2.17 bits per heavy atom. The summed E-state index contributed by atoms with van der Waals surface area (Å²) >= 11 is 0. The molecule has 0 aliphatic heterocycles. The number of carbonyl (C=O) groups is 1. The van der Waals surface area contributed by atoms with Gasteiger partial charge in [-0.1, -0.05) is 48.5 Å². The maximum Gasteiger partial charge on any atom is 0.549 e.